The SMILES string of the molecule is NCCOc1cc(N2CCCC2)c(Br)cc1-c1cc2ccc(F)cc2c(=O)[nH]1. The summed E-state index contributed by atoms with van der Waals surface area (Å²) in [6, 6.07) is 9.99. The molecule has 1 aliphatic heterocycles. The van der Waals surface area contributed by atoms with E-state index >= 15 is 0 Å². The molecular formula is C21H21BrFN3O2. The zero-order chi connectivity index (χ0) is 19.7. The van der Waals surface area contributed by atoms with E-state index in [-0.39, 0.29) is 5.56 Å². The van der Waals surface area contributed by atoms with Gasteiger partial charge in [-0.1, -0.05) is 6.07 Å². The van der Waals surface area contributed by atoms with Crippen LogP contribution in [-0.4, -0.2) is 31.2 Å². The summed E-state index contributed by atoms with van der Waals surface area (Å²) >= 11 is 3.67. The Morgan fingerprint density at radius 2 is 1.96 bits per heavy atom. The molecule has 28 heavy (non-hydrogen) atoms. The van der Waals surface area contributed by atoms with Crippen LogP contribution in [0.4, 0.5) is 10.1 Å². The number of H-pyrrole nitrogens is 1. The standard InChI is InChI=1S/C21H21BrFN3O2/c22-17-11-16(18-9-13-3-4-14(23)10-15(13)21(27)25-18)20(28-8-5-24)12-19(17)26-6-1-2-7-26/h3-4,9-12H,1-2,5-8,24H2,(H,25,27). The number of ether oxygens (including phenoxy) is 1. The summed E-state index contributed by atoms with van der Waals surface area (Å²) in [6.45, 7) is 2.78. The molecule has 7 heteroatoms. The van der Waals surface area contributed by atoms with Gasteiger partial charge in [0.2, 0.25) is 0 Å². The molecule has 1 saturated heterocycles. The van der Waals surface area contributed by atoms with Crippen LogP contribution in [0, 0.1) is 5.82 Å². The lowest BCUT2D eigenvalue weighted by Crippen LogP contribution is -2.19. The molecule has 0 amide bonds. The van der Waals surface area contributed by atoms with E-state index in [2.05, 4.69) is 25.8 Å². The van der Waals surface area contributed by atoms with Gasteiger partial charge in [-0.15, -0.1) is 0 Å². The van der Waals surface area contributed by atoms with E-state index in [0.29, 0.717) is 35.4 Å². The summed E-state index contributed by atoms with van der Waals surface area (Å²) in [7, 11) is 0. The van der Waals surface area contributed by atoms with Crippen LogP contribution in [0.1, 0.15) is 12.8 Å². The lowest BCUT2D eigenvalue weighted by molar-refractivity contribution is 0.329. The monoisotopic (exact) mass is 445 g/mol. The van der Waals surface area contributed by atoms with E-state index in [4.69, 9.17) is 10.5 Å². The number of nitrogens with two attached hydrogens (primary N) is 1. The second kappa shape index (κ2) is 7.93. The number of benzene rings is 2. The highest BCUT2D eigenvalue weighted by molar-refractivity contribution is 9.10. The zero-order valence-corrected chi connectivity index (χ0v) is 16.9. The third-order valence-corrected chi connectivity index (χ3v) is 5.60. The van der Waals surface area contributed by atoms with Gasteiger partial charge in [0.05, 0.1) is 11.4 Å². The Balaban J connectivity index is 1.85. The minimum atomic E-state index is -0.435. The number of anilines is 1. The first-order valence-corrected chi connectivity index (χ1v) is 10.1. The second-order valence-corrected chi connectivity index (χ2v) is 7.73. The van der Waals surface area contributed by atoms with Crippen molar-refractivity contribution in [3.8, 4) is 17.0 Å². The molecule has 0 radical (unpaired) electrons. The third-order valence-electron chi connectivity index (χ3n) is 4.97. The van der Waals surface area contributed by atoms with Gasteiger partial charge >= 0.3 is 0 Å². The summed E-state index contributed by atoms with van der Waals surface area (Å²) in [5.41, 5.74) is 7.73. The summed E-state index contributed by atoms with van der Waals surface area (Å²) in [4.78, 5) is 17.7. The number of aromatic amines is 1. The lowest BCUT2D eigenvalue weighted by Gasteiger charge is -2.22. The molecule has 0 unspecified atom stereocenters. The molecule has 4 rings (SSSR count). The van der Waals surface area contributed by atoms with Crippen LogP contribution in [0.5, 0.6) is 5.75 Å². The number of fused-ring (bicyclic) bond motifs is 1. The van der Waals surface area contributed by atoms with Gasteiger partial charge in [-0.05, 0) is 58.4 Å². The Morgan fingerprint density at radius 3 is 2.71 bits per heavy atom. The largest absolute Gasteiger partial charge is 0.491 e. The predicted octanol–water partition coefficient (Wildman–Crippen LogP) is 4.03. The van der Waals surface area contributed by atoms with Crippen LogP contribution in [0.3, 0.4) is 0 Å². The first-order valence-electron chi connectivity index (χ1n) is 9.31. The van der Waals surface area contributed by atoms with Crippen LogP contribution in [-0.2, 0) is 0 Å². The summed E-state index contributed by atoms with van der Waals surface area (Å²) < 4.78 is 20.3. The highest BCUT2D eigenvalue weighted by atomic mass is 79.9. The number of rotatable bonds is 5. The van der Waals surface area contributed by atoms with Crippen molar-refractivity contribution in [3.63, 3.8) is 0 Å². The number of aromatic nitrogens is 1. The molecule has 1 aliphatic rings. The van der Waals surface area contributed by atoms with Crippen molar-refractivity contribution in [2.75, 3.05) is 31.1 Å². The van der Waals surface area contributed by atoms with Crippen molar-refractivity contribution in [2.24, 2.45) is 5.73 Å². The molecule has 0 atom stereocenters. The highest BCUT2D eigenvalue weighted by Crippen LogP contribution is 2.39. The second-order valence-electron chi connectivity index (χ2n) is 6.87. The zero-order valence-electron chi connectivity index (χ0n) is 15.3. The average molecular weight is 446 g/mol. The normalized spacial score (nSPS) is 14.0. The maximum absolute atomic E-state index is 13.5. The third kappa shape index (κ3) is 3.64. The van der Waals surface area contributed by atoms with Crippen molar-refractivity contribution in [1.82, 2.24) is 4.98 Å². The first kappa shape index (κ1) is 19.0. The Labute approximate surface area is 170 Å². The number of halogens is 2. The van der Waals surface area contributed by atoms with E-state index in [9.17, 15) is 9.18 Å². The Kier molecular flexibility index (Phi) is 5.37. The van der Waals surface area contributed by atoms with Gasteiger partial charge in [-0.2, -0.15) is 0 Å². The molecule has 3 N–H and O–H groups in total. The number of hydrogen-bond acceptors (Lipinski definition) is 4. The number of pyridine rings is 1. The smallest absolute Gasteiger partial charge is 0.256 e. The summed E-state index contributed by atoms with van der Waals surface area (Å²) in [5.74, 6) is 0.225. The Hall–Kier alpha value is -2.38. The van der Waals surface area contributed by atoms with Gasteiger partial charge in [0.15, 0.2) is 0 Å². The van der Waals surface area contributed by atoms with Crippen molar-refractivity contribution < 1.29 is 9.13 Å². The number of hydrogen-bond donors (Lipinski definition) is 2. The van der Waals surface area contributed by atoms with Gasteiger partial charge in [0, 0.05) is 41.1 Å². The predicted molar refractivity (Wildman–Crippen MR) is 114 cm³/mol. The van der Waals surface area contributed by atoms with Crippen LogP contribution >= 0.6 is 15.9 Å². The van der Waals surface area contributed by atoms with E-state index in [0.717, 1.165) is 28.8 Å². The van der Waals surface area contributed by atoms with Gasteiger partial charge in [-0.3, -0.25) is 4.79 Å². The Morgan fingerprint density at radius 1 is 1.18 bits per heavy atom. The molecule has 0 aliphatic carbocycles. The molecule has 1 aromatic heterocycles. The average Bonchev–Trinajstić information content (AvgIpc) is 3.21. The van der Waals surface area contributed by atoms with Crippen LogP contribution in [0.25, 0.3) is 22.0 Å². The van der Waals surface area contributed by atoms with Crippen molar-refractivity contribution >= 4 is 32.4 Å². The molecule has 2 heterocycles. The molecular weight excluding hydrogens is 425 g/mol. The van der Waals surface area contributed by atoms with Crippen LogP contribution in [0.2, 0.25) is 0 Å². The molecule has 1 fully saturated rings. The maximum Gasteiger partial charge on any atom is 0.256 e. The minimum absolute atomic E-state index is 0.320. The topological polar surface area (TPSA) is 71.3 Å². The van der Waals surface area contributed by atoms with E-state index < -0.39 is 5.82 Å². The van der Waals surface area contributed by atoms with Gasteiger partial charge < -0.3 is 20.4 Å². The van der Waals surface area contributed by atoms with Crippen LogP contribution < -0.4 is 20.9 Å². The lowest BCUT2D eigenvalue weighted by atomic mass is 10.1. The highest BCUT2D eigenvalue weighted by Gasteiger charge is 2.19. The molecule has 146 valence electrons. The molecule has 3 aromatic rings. The molecule has 5 nitrogen and oxygen atoms in total. The molecule has 0 bridgehead atoms. The fraction of sp³-hybridized carbons (Fsp3) is 0.286. The van der Waals surface area contributed by atoms with Gasteiger partial charge in [0.1, 0.15) is 18.2 Å². The number of nitrogens with zero attached hydrogens (tertiary/aromatic N) is 1. The van der Waals surface area contributed by atoms with Crippen molar-refractivity contribution in [2.45, 2.75) is 12.8 Å². The molecule has 2 aromatic carbocycles. The quantitative estimate of drug-likeness (QED) is 0.621. The van der Waals surface area contributed by atoms with Crippen molar-refractivity contribution in [3.05, 3.63) is 57.0 Å². The van der Waals surface area contributed by atoms with E-state index in [1.807, 2.05) is 18.2 Å². The van der Waals surface area contributed by atoms with Gasteiger partial charge in [0.25, 0.3) is 5.56 Å². The molecule has 0 spiro atoms. The fourth-order valence-electron chi connectivity index (χ4n) is 3.62. The van der Waals surface area contributed by atoms with Crippen LogP contribution in [0.15, 0.2) is 45.7 Å². The first-order chi connectivity index (χ1) is 13.6. The van der Waals surface area contributed by atoms with E-state index in [1.54, 1.807) is 6.07 Å². The Bertz CT molecular complexity index is 1080. The van der Waals surface area contributed by atoms with Gasteiger partial charge in [-0.25, -0.2) is 4.39 Å². The van der Waals surface area contributed by atoms with E-state index in [1.165, 1.54) is 25.0 Å². The van der Waals surface area contributed by atoms with Crippen molar-refractivity contribution in [1.29, 1.82) is 0 Å². The molecule has 0 saturated carbocycles. The maximum atomic E-state index is 13.5. The fourth-order valence-corrected chi connectivity index (χ4v) is 4.21. The number of nitrogens with one attached hydrogen (secondary N) is 1. The minimum Gasteiger partial charge on any atom is -0.491 e. The summed E-state index contributed by atoms with van der Waals surface area (Å²) in [6.07, 6.45) is 2.34. The summed E-state index contributed by atoms with van der Waals surface area (Å²) in [5, 5.41) is 0.991.